The lowest BCUT2D eigenvalue weighted by Crippen LogP contribution is -2.40. The van der Waals surface area contributed by atoms with Gasteiger partial charge in [-0.3, -0.25) is 9.59 Å². The van der Waals surface area contributed by atoms with Crippen LogP contribution in [0.4, 0.5) is 0 Å². The Morgan fingerprint density at radius 2 is 1.69 bits per heavy atom. The second kappa shape index (κ2) is 4.72. The van der Waals surface area contributed by atoms with Gasteiger partial charge in [0.15, 0.2) is 0 Å². The van der Waals surface area contributed by atoms with Crippen molar-refractivity contribution < 1.29 is 9.59 Å². The minimum atomic E-state index is -0.189. The van der Waals surface area contributed by atoms with Gasteiger partial charge in [-0.2, -0.15) is 10.1 Å². The van der Waals surface area contributed by atoms with Crippen molar-refractivity contribution in [2.24, 2.45) is 47.7 Å². The van der Waals surface area contributed by atoms with E-state index in [1.54, 1.807) is 6.21 Å². The van der Waals surface area contributed by atoms with Crippen molar-refractivity contribution in [3.05, 3.63) is 48.2 Å². The minimum absolute atomic E-state index is 0.110. The van der Waals surface area contributed by atoms with E-state index in [-0.39, 0.29) is 35.5 Å². The first kappa shape index (κ1) is 14.5. The number of nitrogens with zero attached hydrogens (tertiary/aromatic N) is 3. The molecule has 2 heterocycles. The topological polar surface area (TPSA) is 54.7 Å². The highest BCUT2D eigenvalue weighted by Gasteiger charge is 2.67. The number of rotatable bonds is 2. The van der Waals surface area contributed by atoms with Crippen LogP contribution in [-0.4, -0.2) is 27.6 Å². The van der Waals surface area contributed by atoms with E-state index < -0.39 is 0 Å². The van der Waals surface area contributed by atoms with Gasteiger partial charge in [0.25, 0.3) is 11.8 Å². The molecule has 2 aromatic rings. The number of allylic oxidation sites excluding steroid dienone is 2. The number of fused-ring (bicyclic) bond motifs is 1. The third kappa shape index (κ3) is 1.68. The van der Waals surface area contributed by atoms with Crippen molar-refractivity contribution in [1.82, 2.24) is 9.58 Å². The molecule has 7 rings (SSSR count). The second-order valence-corrected chi connectivity index (χ2v) is 8.10. The number of aromatic nitrogens is 1. The van der Waals surface area contributed by atoms with E-state index in [0.717, 1.165) is 21.5 Å². The van der Waals surface area contributed by atoms with Crippen molar-refractivity contribution in [2.45, 2.75) is 6.42 Å². The summed E-state index contributed by atoms with van der Waals surface area (Å²) >= 11 is 0. The number of para-hydroxylation sites is 1. The molecule has 1 aliphatic heterocycles. The van der Waals surface area contributed by atoms with Gasteiger partial charge in [-0.1, -0.05) is 30.4 Å². The van der Waals surface area contributed by atoms with Crippen molar-refractivity contribution >= 4 is 28.9 Å². The van der Waals surface area contributed by atoms with Crippen LogP contribution in [-0.2, 0) is 16.6 Å². The maximum atomic E-state index is 12.9. The van der Waals surface area contributed by atoms with Gasteiger partial charge in [-0.05, 0) is 36.2 Å². The van der Waals surface area contributed by atoms with E-state index in [1.807, 2.05) is 42.1 Å². The summed E-state index contributed by atoms with van der Waals surface area (Å²) < 4.78 is 2.03. The number of carbonyl (C=O) groups is 2. The zero-order valence-corrected chi connectivity index (χ0v) is 14.4. The Kier molecular flexibility index (Phi) is 2.63. The fourth-order valence-electron chi connectivity index (χ4n) is 5.65. The van der Waals surface area contributed by atoms with Gasteiger partial charge in [0, 0.05) is 29.7 Å². The van der Waals surface area contributed by atoms with Crippen LogP contribution in [0.1, 0.15) is 12.0 Å². The number of amides is 2. The van der Waals surface area contributed by atoms with Crippen molar-refractivity contribution in [2.75, 3.05) is 0 Å². The van der Waals surface area contributed by atoms with Gasteiger partial charge in [-0.25, -0.2) is 0 Å². The van der Waals surface area contributed by atoms with E-state index >= 15 is 0 Å². The molecule has 5 nitrogen and oxygen atoms in total. The lowest BCUT2D eigenvalue weighted by molar-refractivity contribution is -0.140. The molecule has 26 heavy (non-hydrogen) atoms. The molecule has 1 aromatic carbocycles. The summed E-state index contributed by atoms with van der Waals surface area (Å²) in [5.41, 5.74) is 2.02. The van der Waals surface area contributed by atoms with Crippen LogP contribution in [0.2, 0.25) is 0 Å². The maximum Gasteiger partial charge on any atom is 0.254 e. The summed E-state index contributed by atoms with van der Waals surface area (Å²) in [5.74, 6) is 1.11. The lowest BCUT2D eigenvalue weighted by Gasteiger charge is -2.37. The lowest BCUT2D eigenvalue weighted by atomic mass is 9.63. The SMILES string of the molecule is Cn1cc(/C=N/N2C(=O)C3C4C=CC(C5CC45)C3C2=O)c2ccccc21. The van der Waals surface area contributed by atoms with Crippen molar-refractivity contribution in [3.8, 4) is 0 Å². The summed E-state index contributed by atoms with van der Waals surface area (Å²) in [7, 11) is 1.98. The Morgan fingerprint density at radius 1 is 1.04 bits per heavy atom. The van der Waals surface area contributed by atoms with Crippen LogP contribution in [0.3, 0.4) is 0 Å². The smallest absolute Gasteiger partial charge is 0.254 e. The van der Waals surface area contributed by atoms with E-state index in [9.17, 15) is 9.59 Å². The highest BCUT2D eigenvalue weighted by Crippen LogP contribution is 2.65. The number of carbonyl (C=O) groups excluding carboxylic acids is 2. The third-order valence-electron chi connectivity index (χ3n) is 6.88. The van der Waals surface area contributed by atoms with Gasteiger partial charge >= 0.3 is 0 Å². The highest BCUT2D eigenvalue weighted by atomic mass is 16.2. The van der Waals surface area contributed by atoms with E-state index in [4.69, 9.17) is 0 Å². The van der Waals surface area contributed by atoms with Crippen molar-refractivity contribution in [3.63, 3.8) is 0 Å². The summed E-state index contributed by atoms with van der Waals surface area (Å²) in [6.07, 6.45) is 9.18. The van der Waals surface area contributed by atoms with E-state index in [2.05, 4.69) is 17.3 Å². The molecule has 4 aliphatic carbocycles. The second-order valence-electron chi connectivity index (χ2n) is 8.10. The van der Waals surface area contributed by atoms with Gasteiger partial charge in [0.2, 0.25) is 0 Å². The van der Waals surface area contributed by atoms with Gasteiger partial charge in [0.1, 0.15) is 0 Å². The Balaban J connectivity index is 1.36. The fourth-order valence-corrected chi connectivity index (χ4v) is 5.65. The average molecular weight is 345 g/mol. The molecule has 6 atom stereocenters. The largest absolute Gasteiger partial charge is 0.350 e. The van der Waals surface area contributed by atoms with E-state index in [1.165, 1.54) is 6.42 Å². The molecule has 0 radical (unpaired) electrons. The number of aryl methyl sites for hydroxylation is 1. The van der Waals surface area contributed by atoms with Crippen LogP contribution in [0.25, 0.3) is 10.9 Å². The van der Waals surface area contributed by atoms with Crippen LogP contribution < -0.4 is 0 Å². The van der Waals surface area contributed by atoms with Gasteiger partial charge < -0.3 is 4.57 Å². The van der Waals surface area contributed by atoms with Crippen LogP contribution in [0, 0.1) is 35.5 Å². The zero-order chi connectivity index (χ0) is 17.6. The molecule has 6 unspecified atom stereocenters. The molecule has 3 fully saturated rings. The molecular weight excluding hydrogens is 326 g/mol. The predicted molar refractivity (Wildman–Crippen MR) is 97.1 cm³/mol. The molecule has 1 aromatic heterocycles. The Morgan fingerprint density at radius 3 is 2.38 bits per heavy atom. The third-order valence-corrected chi connectivity index (χ3v) is 6.88. The molecule has 0 spiro atoms. The van der Waals surface area contributed by atoms with Gasteiger partial charge in [0.05, 0.1) is 18.1 Å². The maximum absolute atomic E-state index is 12.9. The molecule has 130 valence electrons. The average Bonchev–Trinajstić information content (AvgIpc) is 3.37. The molecule has 5 heteroatoms. The van der Waals surface area contributed by atoms with Crippen LogP contribution >= 0.6 is 0 Å². The number of benzene rings is 1. The normalized spacial score (nSPS) is 37.0. The monoisotopic (exact) mass is 345 g/mol. The number of imide groups is 1. The molecule has 2 bridgehead atoms. The van der Waals surface area contributed by atoms with Crippen molar-refractivity contribution in [1.29, 1.82) is 0 Å². The fraction of sp³-hybridized carbons (Fsp3) is 0.381. The summed E-state index contributed by atoms with van der Waals surface area (Å²) in [6, 6.07) is 8.05. The zero-order valence-electron chi connectivity index (χ0n) is 14.4. The van der Waals surface area contributed by atoms with E-state index in [0.29, 0.717) is 11.8 Å². The molecule has 2 saturated carbocycles. The standard InChI is InChI=1S/C21H19N3O2/c1-23-10-11(12-4-2-3-5-17(12)23)9-22-24-20(25)18-13-6-7-14(16-8-15(13)16)19(18)21(24)26/h2-7,9-10,13-16,18-19H,8H2,1H3/b22-9+. The number of hydrazone groups is 1. The Labute approximate surface area is 151 Å². The first-order valence-corrected chi connectivity index (χ1v) is 9.29. The number of hydrogen-bond acceptors (Lipinski definition) is 3. The molecule has 0 N–H and O–H groups in total. The molecule has 2 amide bonds. The molecule has 5 aliphatic rings. The Bertz CT molecular complexity index is 997. The quantitative estimate of drug-likeness (QED) is 0.477. The van der Waals surface area contributed by atoms with Crippen LogP contribution in [0.15, 0.2) is 47.7 Å². The first-order valence-electron chi connectivity index (χ1n) is 9.29. The number of hydrogen-bond donors (Lipinski definition) is 0. The molecule has 1 saturated heterocycles. The summed E-state index contributed by atoms with van der Waals surface area (Å²) in [4.78, 5) is 25.9. The minimum Gasteiger partial charge on any atom is -0.350 e. The Hall–Kier alpha value is -2.69. The summed E-state index contributed by atoms with van der Waals surface area (Å²) in [5, 5.41) is 6.56. The van der Waals surface area contributed by atoms with Crippen LogP contribution in [0.5, 0.6) is 0 Å². The molecular formula is C21H19N3O2. The first-order chi connectivity index (χ1) is 12.6. The highest BCUT2D eigenvalue weighted by molar-refractivity contribution is 6.07. The van der Waals surface area contributed by atoms with Gasteiger partial charge in [-0.15, -0.1) is 0 Å². The summed E-state index contributed by atoms with van der Waals surface area (Å²) in [6.45, 7) is 0. The predicted octanol–water partition coefficient (Wildman–Crippen LogP) is 2.57.